The minimum absolute atomic E-state index is 0.262. The van der Waals surface area contributed by atoms with Gasteiger partial charge in [-0.2, -0.15) is 5.10 Å². The molecule has 0 aliphatic carbocycles. The SMILES string of the molecule is CCC(CC)COC(=O)[C@H](C)N[PH](=O)OC[C@@]1(C)O[C@@H](c2ccc3c(N)ncnn23)[C@H](O)[C@@H]1O. The summed E-state index contributed by atoms with van der Waals surface area (Å²) in [6.45, 7) is 7.15. The van der Waals surface area contributed by atoms with E-state index in [1.807, 2.05) is 13.8 Å². The van der Waals surface area contributed by atoms with Gasteiger partial charge in [-0.3, -0.25) is 9.36 Å². The van der Waals surface area contributed by atoms with Gasteiger partial charge in [0.15, 0.2) is 5.82 Å². The first-order valence-corrected chi connectivity index (χ1v) is 12.6. The zero-order valence-electron chi connectivity index (χ0n) is 19.8. The molecule has 12 nitrogen and oxygen atoms in total. The van der Waals surface area contributed by atoms with Crippen LogP contribution in [0.3, 0.4) is 0 Å². The van der Waals surface area contributed by atoms with E-state index < -0.39 is 44.1 Å². The molecule has 0 amide bonds. The maximum absolute atomic E-state index is 12.4. The van der Waals surface area contributed by atoms with E-state index in [9.17, 15) is 19.6 Å². The summed E-state index contributed by atoms with van der Waals surface area (Å²) in [5.74, 6) is 0.0250. The van der Waals surface area contributed by atoms with Crippen LogP contribution < -0.4 is 10.8 Å². The molecule has 1 unspecified atom stereocenters. The van der Waals surface area contributed by atoms with E-state index in [1.165, 1.54) is 17.8 Å². The summed E-state index contributed by atoms with van der Waals surface area (Å²) in [5.41, 5.74) is 5.50. The van der Waals surface area contributed by atoms with E-state index >= 15 is 0 Å². The number of fused-ring (bicyclic) bond motifs is 1. The van der Waals surface area contributed by atoms with Gasteiger partial charge in [0.2, 0.25) is 0 Å². The molecule has 0 saturated carbocycles. The largest absolute Gasteiger partial charge is 0.464 e. The van der Waals surface area contributed by atoms with Crippen molar-refractivity contribution in [2.45, 2.75) is 70.5 Å². The van der Waals surface area contributed by atoms with Crippen LogP contribution in [-0.2, 0) is 23.4 Å². The molecule has 0 aromatic carbocycles. The fourth-order valence-corrected chi connectivity index (χ4v) is 4.81. The molecule has 190 valence electrons. The number of carbonyl (C=O) groups excluding carboxylic acids is 1. The lowest BCUT2D eigenvalue weighted by molar-refractivity contribution is -0.146. The first kappa shape index (κ1) is 26.5. The predicted octanol–water partition coefficient (Wildman–Crippen LogP) is 1.23. The molecule has 0 radical (unpaired) electrons. The number of esters is 1. The van der Waals surface area contributed by atoms with Gasteiger partial charge in [-0.05, 0) is 31.9 Å². The molecule has 1 saturated heterocycles. The van der Waals surface area contributed by atoms with Crippen molar-refractivity contribution in [1.82, 2.24) is 19.7 Å². The molecule has 6 atom stereocenters. The average Bonchev–Trinajstić information content (AvgIpc) is 3.34. The first-order chi connectivity index (χ1) is 16.1. The number of nitrogen functional groups attached to an aromatic ring is 1. The number of rotatable bonds is 11. The molecule has 2 aromatic rings. The minimum Gasteiger partial charge on any atom is -0.464 e. The van der Waals surface area contributed by atoms with Crippen LogP contribution in [0.15, 0.2) is 18.5 Å². The average molecular weight is 500 g/mol. The second-order valence-electron chi connectivity index (χ2n) is 8.74. The van der Waals surface area contributed by atoms with Crippen molar-refractivity contribution in [2.24, 2.45) is 5.92 Å². The molecule has 13 heteroatoms. The molecule has 3 heterocycles. The molecule has 1 fully saturated rings. The van der Waals surface area contributed by atoms with Gasteiger partial charge in [-0.15, -0.1) is 0 Å². The molecule has 5 N–H and O–H groups in total. The number of aromatic nitrogens is 3. The third-order valence-electron chi connectivity index (χ3n) is 6.25. The molecule has 0 bridgehead atoms. The van der Waals surface area contributed by atoms with Crippen molar-refractivity contribution in [3.8, 4) is 0 Å². The number of nitrogens with two attached hydrogens (primary N) is 1. The summed E-state index contributed by atoms with van der Waals surface area (Å²) in [5, 5.41) is 28.0. The van der Waals surface area contributed by atoms with Crippen molar-refractivity contribution < 1.29 is 33.6 Å². The second kappa shape index (κ2) is 11.1. The number of aliphatic hydroxyl groups excluding tert-OH is 2. The second-order valence-corrected chi connectivity index (χ2v) is 9.89. The number of anilines is 1. The molecule has 1 aliphatic heterocycles. The lowest BCUT2D eigenvalue weighted by Gasteiger charge is -2.27. The van der Waals surface area contributed by atoms with Crippen LogP contribution >= 0.6 is 8.18 Å². The lowest BCUT2D eigenvalue weighted by atomic mass is 9.97. The number of aliphatic hydroxyl groups is 2. The van der Waals surface area contributed by atoms with Crippen LogP contribution in [0.4, 0.5) is 5.82 Å². The number of hydrogen-bond donors (Lipinski definition) is 4. The minimum atomic E-state index is -2.87. The van der Waals surface area contributed by atoms with Gasteiger partial charge in [-0.1, -0.05) is 26.7 Å². The lowest BCUT2D eigenvalue weighted by Crippen LogP contribution is -2.44. The summed E-state index contributed by atoms with van der Waals surface area (Å²) < 4.78 is 30.5. The maximum atomic E-state index is 12.4. The highest BCUT2D eigenvalue weighted by molar-refractivity contribution is 7.36. The van der Waals surface area contributed by atoms with E-state index in [0.29, 0.717) is 17.8 Å². The molecular weight excluding hydrogens is 465 g/mol. The summed E-state index contributed by atoms with van der Waals surface area (Å²) in [7, 11) is -2.87. The van der Waals surface area contributed by atoms with Crippen molar-refractivity contribution in [3.63, 3.8) is 0 Å². The number of nitrogens with one attached hydrogen (secondary N) is 1. The zero-order valence-corrected chi connectivity index (χ0v) is 20.8. The smallest absolute Gasteiger partial charge is 0.323 e. The Labute approximate surface area is 198 Å². The highest BCUT2D eigenvalue weighted by Gasteiger charge is 2.53. The molecule has 2 aromatic heterocycles. The highest BCUT2D eigenvalue weighted by atomic mass is 31.1. The van der Waals surface area contributed by atoms with Crippen molar-refractivity contribution >= 4 is 25.5 Å². The van der Waals surface area contributed by atoms with Gasteiger partial charge in [0.05, 0.1) is 18.9 Å². The number of ether oxygens (including phenoxy) is 2. The number of nitrogens with zero attached hydrogens (tertiary/aromatic N) is 3. The van der Waals surface area contributed by atoms with Crippen LogP contribution in [0, 0.1) is 5.92 Å². The fourth-order valence-electron chi connectivity index (χ4n) is 3.84. The van der Waals surface area contributed by atoms with Gasteiger partial charge in [0, 0.05) is 0 Å². The monoisotopic (exact) mass is 499 g/mol. The summed E-state index contributed by atoms with van der Waals surface area (Å²) in [6.07, 6.45) is -0.483. The van der Waals surface area contributed by atoms with Gasteiger partial charge in [0.25, 0.3) is 8.18 Å². The molecule has 34 heavy (non-hydrogen) atoms. The third-order valence-corrected chi connectivity index (χ3v) is 7.33. The van der Waals surface area contributed by atoms with Crippen LogP contribution in [-0.4, -0.2) is 67.8 Å². The number of carbonyl (C=O) groups is 1. The molecule has 1 aliphatic rings. The Morgan fingerprint density at radius 3 is 2.76 bits per heavy atom. The Morgan fingerprint density at radius 1 is 1.38 bits per heavy atom. The summed E-state index contributed by atoms with van der Waals surface area (Å²) >= 11 is 0. The topological polar surface area (TPSA) is 171 Å². The van der Waals surface area contributed by atoms with E-state index in [2.05, 4.69) is 15.2 Å². The van der Waals surface area contributed by atoms with Gasteiger partial charge < -0.3 is 29.9 Å². The van der Waals surface area contributed by atoms with Gasteiger partial charge >= 0.3 is 5.97 Å². The van der Waals surface area contributed by atoms with Crippen LogP contribution in [0.5, 0.6) is 0 Å². The highest BCUT2D eigenvalue weighted by Crippen LogP contribution is 2.41. The van der Waals surface area contributed by atoms with E-state index in [-0.39, 0.29) is 18.3 Å². The quantitative estimate of drug-likeness (QED) is 0.259. The van der Waals surface area contributed by atoms with Crippen molar-refractivity contribution in [1.29, 1.82) is 0 Å². The molecule has 3 rings (SSSR count). The Hall–Kier alpha value is -2.08. The Kier molecular flexibility index (Phi) is 8.66. The third kappa shape index (κ3) is 5.59. The standard InChI is InChI=1S/C21H34N5O7P/c1-5-13(6-2)9-31-20(29)12(3)25-34(30)32-10-21(4)18(28)16(27)17(33-21)14-7-8-15-19(22)23-11-24-26(14)15/h7-8,11-13,16-18,27-28,34H,5-6,9-10H2,1-4H3,(H,25,30)(H2,22,23,24)/t12-,16-,17-,18-,21+/m0/s1. The zero-order chi connectivity index (χ0) is 25.0. The predicted molar refractivity (Wildman–Crippen MR) is 124 cm³/mol. The van der Waals surface area contributed by atoms with E-state index in [1.54, 1.807) is 19.1 Å². The molecular formula is C21H34N5O7P. The fraction of sp³-hybridized carbons (Fsp3) is 0.667. The Morgan fingerprint density at radius 2 is 2.09 bits per heavy atom. The maximum Gasteiger partial charge on any atom is 0.323 e. The van der Waals surface area contributed by atoms with Crippen molar-refractivity contribution in [3.05, 3.63) is 24.2 Å². The Balaban J connectivity index is 1.58. The Bertz CT molecular complexity index is 1020. The normalized spacial score (nSPS) is 26.7. The van der Waals surface area contributed by atoms with Crippen LogP contribution in [0.2, 0.25) is 0 Å². The summed E-state index contributed by atoms with van der Waals surface area (Å²) in [4.78, 5) is 16.1. The van der Waals surface area contributed by atoms with Crippen LogP contribution in [0.1, 0.15) is 52.3 Å². The van der Waals surface area contributed by atoms with Crippen LogP contribution in [0.25, 0.3) is 5.52 Å². The van der Waals surface area contributed by atoms with E-state index in [4.69, 9.17) is 19.7 Å². The number of hydrogen-bond acceptors (Lipinski definition) is 10. The molecule has 0 spiro atoms. The first-order valence-electron chi connectivity index (χ1n) is 11.3. The van der Waals surface area contributed by atoms with Crippen molar-refractivity contribution in [2.75, 3.05) is 18.9 Å². The van der Waals surface area contributed by atoms with Gasteiger partial charge in [0.1, 0.15) is 41.8 Å². The summed E-state index contributed by atoms with van der Waals surface area (Å²) in [6, 6.07) is 2.52. The van der Waals surface area contributed by atoms with Gasteiger partial charge in [-0.25, -0.2) is 14.6 Å². The van der Waals surface area contributed by atoms with E-state index in [0.717, 1.165) is 12.8 Å².